The van der Waals surface area contributed by atoms with Crippen molar-refractivity contribution in [1.82, 2.24) is 9.78 Å². The number of anilines is 1. The van der Waals surface area contributed by atoms with Crippen molar-refractivity contribution in [3.63, 3.8) is 0 Å². The summed E-state index contributed by atoms with van der Waals surface area (Å²) in [4.78, 5) is 11.2. The highest BCUT2D eigenvalue weighted by molar-refractivity contribution is 5.94. The van der Waals surface area contributed by atoms with Crippen molar-refractivity contribution in [3.8, 4) is 0 Å². The van der Waals surface area contributed by atoms with Gasteiger partial charge < -0.3 is 10.4 Å². The molecule has 0 fully saturated rings. The first-order valence-electron chi connectivity index (χ1n) is 5.64. The Kier molecular flexibility index (Phi) is 3.32. The van der Waals surface area contributed by atoms with Gasteiger partial charge in [-0.3, -0.25) is 4.68 Å². The van der Waals surface area contributed by atoms with E-state index in [1.807, 2.05) is 30.3 Å². The van der Waals surface area contributed by atoms with Crippen LogP contribution >= 0.6 is 0 Å². The van der Waals surface area contributed by atoms with E-state index < -0.39 is 5.97 Å². The van der Waals surface area contributed by atoms with Gasteiger partial charge >= 0.3 is 5.97 Å². The maximum absolute atomic E-state index is 11.2. The van der Waals surface area contributed by atoms with E-state index in [2.05, 4.69) is 10.4 Å². The summed E-state index contributed by atoms with van der Waals surface area (Å²) in [7, 11) is 1.73. The molecule has 0 aliphatic rings. The predicted molar refractivity (Wildman–Crippen MR) is 68.7 cm³/mol. The minimum Gasteiger partial charge on any atom is -0.477 e. The van der Waals surface area contributed by atoms with Gasteiger partial charge in [-0.15, -0.1) is 0 Å². The Labute approximate surface area is 105 Å². The Bertz CT molecular complexity index is 561. The number of carbonyl (C=O) groups is 1. The number of carboxylic acids is 1. The van der Waals surface area contributed by atoms with Crippen LogP contribution in [0.2, 0.25) is 0 Å². The van der Waals surface area contributed by atoms with Crippen molar-refractivity contribution in [3.05, 3.63) is 47.2 Å². The van der Waals surface area contributed by atoms with Gasteiger partial charge in [0.1, 0.15) is 11.4 Å². The first kappa shape index (κ1) is 12.2. The van der Waals surface area contributed by atoms with Crippen LogP contribution in [0.25, 0.3) is 0 Å². The van der Waals surface area contributed by atoms with E-state index in [9.17, 15) is 4.79 Å². The molecule has 0 saturated heterocycles. The second-order valence-electron chi connectivity index (χ2n) is 4.08. The first-order chi connectivity index (χ1) is 8.59. The summed E-state index contributed by atoms with van der Waals surface area (Å²) in [5.74, 6) is -0.431. The maximum Gasteiger partial charge on any atom is 0.341 e. The highest BCUT2D eigenvalue weighted by atomic mass is 16.4. The number of aromatic nitrogens is 2. The number of benzene rings is 1. The van der Waals surface area contributed by atoms with Gasteiger partial charge in [0.25, 0.3) is 0 Å². The van der Waals surface area contributed by atoms with Gasteiger partial charge in [-0.05, 0) is 12.5 Å². The maximum atomic E-state index is 11.2. The molecule has 94 valence electrons. The molecule has 0 aliphatic carbocycles. The fourth-order valence-electron chi connectivity index (χ4n) is 1.90. The van der Waals surface area contributed by atoms with Crippen molar-refractivity contribution in [2.45, 2.75) is 13.5 Å². The van der Waals surface area contributed by atoms with Crippen LogP contribution in [0.3, 0.4) is 0 Å². The van der Waals surface area contributed by atoms with Gasteiger partial charge in [0.05, 0.1) is 5.69 Å². The van der Waals surface area contributed by atoms with Crippen LogP contribution in [-0.4, -0.2) is 20.9 Å². The van der Waals surface area contributed by atoms with Crippen LogP contribution in [0.4, 0.5) is 5.82 Å². The smallest absolute Gasteiger partial charge is 0.341 e. The number of nitrogens with zero attached hydrogens (tertiary/aromatic N) is 2. The van der Waals surface area contributed by atoms with E-state index in [1.54, 1.807) is 18.7 Å². The van der Waals surface area contributed by atoms with Gasteiger partial charge in [-0.25, -0.2) is 4.79 Å². The number of aromatic carboxylic acids is 1. The molecule has 18 heavy (non-hydrogen) atoms. The molecule has 2 N–H and O–H groups in total. The van der Waals surface area contributed by atoms with E-state index in [-0.39, 0.29) is 5.56 Å². The molecule has 5 heteroatoms. The molecule has 0 amide bonds. The van der Waals surface area contributed by atoms with Crippen LogP contribution in [-0.2, 0) is 13.6 Å². The zero-order chi connectivity index (χ0) is 13.1. The fourth-order valence-corrected chi connectivity index (χ4v) is 1.90. The largest absolute Gasteiger partial charge is 0.477 e. The Morgan fingerprint density at radius 2 is 2.06 bits per heavy atom. The highest BCUT2D eigenvalue weighted by Crippen LogP contribution is 2.19. The molecule has 0 radical (unpaired) electrons. The van der Waals surface area contributed by atoms with Gasteiger partial charge in [-0.1, -0.05) is 30.3 Å². The van der Waals surface area contributed by atoms with Gasteiger partial charge in [-0.2, -0.15) is 5.10 Å². The molecule has 0 saturated carbocycles. The lowest BCUT2D eigenvalue weighted by molar-refractivity contribution is 0.0697. The average Bonchev–Trinajstić information content (AvgIpc) is 2.62. The number of hydrogen-bond acceptors (Lipinski definition) is 3. The van der Waals surface area contributed by atoms with Crippen molar-refractivity contribution in [2.75, 3.05) is 5.32 Å². The molecule has 1 heterocycles. The lowest BCUT2D eigenvalue weighted by Crippen LogP contribution is -2.08. The summed E-state index contributed by atoms with van der Waals surface area (Å²) in [5, 5.41) is 16.4. The quantitative estimate of drug-likeness (QED) is 0.865. The zero-order valence-electron chi connectivity index (χ0n) is 10.3. The van der Waals surface area contributed by atoms with Gasteiger partial charge in [0.15, 0.2) is 0 Å². The molecule has 0 bridgehead atoms. The van der Waals surface area contributed by atoms with Crippen molar-refractivity contribution < 1.29 is 9.90 Å². The number of nitrogens with one attached hydrogen (secondary N) is 1. The molecular formula is C13H15N3O2. The molecule has 0 aliphatic heterocycles. The lowest BCUT2D eigenvalue weighted by Gasteiger charge is -2.07. The Morgan fingerprint density at radius 3 is 2.67 bits per heavy atom. The normalized spacial score (nSPS) is 10.3. The molecule has 5 nitrogen and oxygen atoms in total. The van der Waals surface area contributed by atoms with Crippen LogP contribution in [0, 0.1) is 6.92 Å². The van der Waals surface area contributed by atoms with Crippen molar-refractivity contribution in [1.29, 1.82) is 0 Å². The number of aryl methyl sites for hydroxylation is 2. The standard InChI is InChI=1S/C13H15N3O2/c1-9-11(13(17)18)12(16(2)15-9)14-8-10-6-4-3-5-7-10/h3-7,14H,8H2,1-2H3,(H,17,18). The molecule has 2 aromatic rings. The highest BCUT2D eigenvalue weighted by Gasteiger charge is 2.19. The molecular weight excluding hydrogens is 230 g/mol. The van der Waals surface area contributed by atoms with Gasteiger partial charge in [0.2, 0.25) is 0 Å². The summed E-state index contributed by atoms with van der Waals surface area (Å²) in [5.41, 5.74) is 1.83. The first-order valence-corrected chi connectivity index (χ1v) is 5.64. The minimum atomic E-state index is -0.962. The van der Waals surface area contributed by atoms with E-state index in [4.69, 9.17) is 5.11 Å². The monoisotopic (exact) mass is 245 g/mol. The number of carboxylic acid groups (broad SMARTS) is 1. The molecule has 0 spiro atoms. The van der Waals surface area contributed by atoms with Crippen LogP contribution in [0.1, 0.15) is 21.6 Å². The molecule has 0 unspecified atom stereocenters. The van der Waals surface area contributed by atoms with E-state index in [0.717, 1.165) is 5.56 Å². The summed E-state index contributed by atoms with van der Waals surface area (Å²) >= 11 is 0. The Balaban J connectivity index is 2.22. The molecule has 1 aromatic carbocycles. The third-order valence-corrected chi connectivity index (χ3v) is 2.74. The molecule has 1 aromatic heterocycles. The number of hydrogen-bond donors (Lipinski definition) is 2. The van der Waals surface area contributed by atoms with E-state index >= 15 is 0 Å². The van der Waals surface area contributed by atoms with Gasteiger partial charge in [0, 0.05) is 13.6 Å². The lowest BCUT2D eigenvalue weighted by atomic mass is 10.2. The minimum absolute atomic E-state index is 0.230. The second-order valence-corrected chi connectivity index (χ2v) is 4.08. The molecule has 0 atom stereocenters. The summed E-state index contributed by atoms with van der Waals surface area (Å²) in [6.45, 7) is 2.26. The van der Waals surface area contributed by atoms with E-state index in [1.165, 1.54) is 0 Å². The second kappa shape index (κ2) is 4.91. The SMILES string of the molecule is Cc1nn(C)c(NCc2ccccc2)c1C(=O)O. The Morgan fingerprint density at radius 1 is 1.39 bits per heavy atom. The molecule has 2 rings (SSSR count). The fraction of sp³-hybridized carbons (Fsp3) is 0.231. The third-order valence-electron chi connectivity index (χ3n) is 2.74. The Hall–Kier alpha value is -2.30. The predicted octanol–water partition coefficient (Wildman–Crippen LogP) is 2.04. The van der Waals surface area contributed by atoms with Crippen molar-refractivity contribution >= 4 is 11.8 Å². The van der Waals surface area contributed by atoms with Crippen LogP contribution in [0.5, 0.6) is 0 Å². The van der Waals surface area contributed by atoms with Crippen molar-refractivity contribution in [2.24, 2.45) is 7.05 Å². The van der Waals surface area contributed by atoms with Crippen LogP contribution in [0.15, 0.2) is 30.3 Å². The van der Waals surface area contributed by atoms with Crippen LogP contribution < -0.4 is 5.32 Å². The topological polar surface area (TPSA) is 67.2 Å². The summed E-state index contributed by atoms with van der Waals surface area (Å²) in [6, 6.07) is 9.81. The summed E-state index contributed by atoms with van der Waals surface area (Å²) < 4.78 is 1.56. The average molecular weight is 245 g/mol. The summed E-state index contributed by atoms with van der Waals surface area (Å²) in [6.07, 6.45) is 0. The third kappa shape index (κ3) is 2.34. The zero-order valence-corrected chi connectivity index (χ0v) is 10.3. The number of rotatable bonds is 4. The van der Waals surface area contributed by atoms with E-state index in [0.29, 0.717) is 18.1 Å².